The second-order valence-electron chi connectivity index (χ2n) is 8.94. The summed E-state index contributed by atoms with van der Waals surface area (Å²) >= 11 is 1.65. The fourth-order valence-electron chi connectivity index (χ4n) is 5.14. The number of aromatic nitrogens is 2. The second-order valence-corrected chi connectivity index (χ2v) is 10.2. The Morgan fingerprint density at radius 1 is 1.12 bits per heavy atom. The number of carbonyl (C=O) groups excluding carboxylic acids is 1. The van der Waals surface area contributed by atoms with Gasteiger partial charge in [0.1, 0.15) is 19.2 Å². The highest BCUT2D eigenvalue weighted by Crippen LogP contribution is 2.36. The van der Waals surface area contributed by atoms with E-state index < -0.39 is 19.4 Å². The van der Waals surface area contributed by atoms with Crippen molar-refractivity contribution < 1.29 is 13.6 Å². The van der Waals surface area contributed by atoms with Crippen LogP contribution in [0.5, 0.6) is 0 Å². The molecule has 0 radical (unpaired) electrons. The number of alkyl halides is 2. The first kappa shape index (κ1) is 22.2. The van der Waals surface area contributed by atoms with Crippen LogP contribution >= 0.6 is 11.3 Å². The van der Waals surface area contributed by atoms with Crippen LogP contribution in [0.25, 0.3) is 21.2 Å². The molecule has 174 valence electrons. The number of amides is 2. The zero-order chi connectivity index (χ0) is 22.9. The number of anilines is 1. The minimum atomic E-state index is -0.754. The molecule has 2 fully saturated rings. The number of rotatable bonds is 6. The van der Waals surface area contributed by atoms with Crippen LogP contribution < -0.4 is 10.6 Å². The molecule has 9 heteroatoms. The van der Waals surface area contributed by atoms with Gasteiger partial charge in [0, 0.05) is 35.9 Å². The Bertz CT molecular complexity index is 1140. The number of nitrogens with one attached hydrogen (secondary N) is 2. The van der Waals surface area contributed by atoms with Crippen LogP contribution in [0, 0.1) is 6.92 Å². The summed E-state index contributed by atoms with van der Waals surface area (Å²) in [5.41, 5.74) is 1.09. The number of hydrogen-bond acceptors (Lipinski definition) is 5. The third-order valence-electron chi connectivity index (χ3n) is 6.67. The molecule has 0 aliphatic carbocycles. The van der Waals surface area contributed by atoms with Gasteiger partial charge in [0.15, 0.2) is 0 Å². The molecule has 2 aromatic heterocycles. The molecule has 4 heterocycles. The van der Waals surface area contributed by atoms with E-state index in [9.17, 15) is 13.6 Å². The quantitative estimate of drug-likeness (QED) is 0.525. The Kier molecular flexibility index (Phi) is 6.25. The van der Waals surface area contributed by atoms with Crippen molar-refractivity contribution in [3.63, 3.8) is 0 Å². The number of pyridine rings is 1. The van der Waals surface area contributed by atoms with Crippen LogP contribution in [-0.4, -0.2) is 58.4 Å². The first-order chi connectivity index (χ1) is 16.0. The van der Waals surface area contributed by atoms with Crippen molar-refractivity contribution in [3.05, 3.63) is 41.7 Å². The predicted octanol–water partition coefficient (Wildman–Crippen LogP) is 5.09. The lowest BCUT2D eigenvalue weighted by molar-refractivity contribution is 0.133. The van der Waals surface area contributed by atoms with E-state index in [1.165, 1.54) is 0 Å². The van der Waals surface area contributed by atoms with E-state index in [1.807, 2.05) is 30.2 Å². The van der Waals surface area contributed by atoms with Crippen molar-refractivity contribution in [3.8, 4) is 10.4 Å². The van der Waals surface area contributed by atoms with Gasteiger partial charge in [0.05, 0.1) is 15.9 Å². The van der Waals surface area contributed by atoms with E-state index in [0.717, 1.165) is 39.1 Å². The predicted molar refractivity (Wildman–Crippen MR) is 127 cm³/mol. The fraction of sp³-hybridized carbons (Fsp3) is 0.458. The third kappa shape index (κ3) is 4.56. The molecule has 2 amide bonds. The molecule has 2 saturated heterocycles. The third-order valence-corrected chi connectivity index (χ3v) is 7.64. The number of nitrogens with zero attached hydrogens (tertiary/aromatic N) is 3. The zero-order valence-corrected chi connectivity index (χ0v) is 19.2. The van der Waals surface area contributed by atoms with E-state index in [4.69, 9.17) is 0 Å². The van der Waals surface area contributed by atoms with Crippen LogP contribution in [-0.2, 0) is 0 Å². The Morgan fingerprint density at radius 3 is 2.55 bits per heavy atom. The van der Waals surface area contributed by atoms with Crippen LogP contribution in [0.3, 0.4) is 0 Å². The summed E-state index contributed by atoms with van der Waals surface area (Å²) in [5.74, 6) is 0.514. The molecule has 6 nitrogen and oxygen atoms in total. The Labute approximate surface area is 195 Å². The van der Waals surface area contributed by atoms with Crippen LogP contribution in [0.1, 0.15) is 30.7 Å². The second kappa shape index (κ2) is 9.30. The van der Waals surface area contributed by atoms with E-state index in [1.54, 1.807) is 17.5 Å². The van der Waals surface area contributed by atoms with Gasteiger partial charge in [-0.2, -0.15) is 0 Å². The lowest BCUT2D eigenvalue weighted by Gasteiger charge is -2.39. The average molecular weight is 472 g/mol. The molecular weight excluding hydrogens is 444 g/mol. The highest BCUT2D eigenvalue weighted by molar-refractivity contribution is 7.15. The van der Waals surface area contributed by atoms with Crippen molar-refractivity contribution in [2.45, 2.75) is 56.8 Å². The number of urea groups is 1. The summed E-state index contributed by atoms with van der Waals surface area (Å²) in [7, 11) is 0. The lowest BCUT2D eigenvalue weighted by Crippen LogP contribution is -2.54. The topological polar surface area (TPSA) is 70.2 Å². The molecule has 2 bridgehead atoms. The van der Waals surface area contributed by atoms with Gasteiger partial charge in [-0.05, 0) is 55.7 Å². The van der Waals surface area contributed by atoms with Crippen molar-refractivity contribution in [1.82, 2.24) is 20.2 Å². The summed E-state index contributed by atoms with van der Waals surface area (Å²) in [4.78, 5) is 24.9. The van der Waals surface area contributed by atoms with E-state index in [0.29, 0.717) is 18.7 Å². The molecule has 0 spiro atoms. The molecule has 5 rings (SSSR count). The van der Waals surface area contributed by atoms with Crippen LogP contribution in [0.4, 0.5) is 19.4 Å². The fourth-order valence-corrected chi connectivity index (χ4v) is 5.91. The van der Waals surface area contributed by atoms with Gasteiger partial charge < -0.3 is 10.2 Å². The molecule has 0 unspecified atom stereocenters. The van der Waals surface area contributed by atoms with Crippen molar-refractivity contribution >= 4 is 34.0 Å². The summed E-state index contributed by atoms with van der Waals surface area (Å²) in [6.45, 7) is 0.550. The number of fused-ring (bicyclic) bond motifs is 3. The number of aryl methyl sites for hydroxylation is 1. The van der Waals surface area contributed by atoms with Gasteiger partial charge in [-0.3, -0.25) is 5.32 Å². The molecule has 3 atom stereocenters. The van der Waals surface area contributed by atoms with Gasteiger partial charge in [-0.25, -0.2) is 23.5 Å². The number of carbonyl (C=O) groups is 1. The van der Waals surface area contributed by atoms with Gasteiger partial charge in [-0.1, -0.05) is 12.1 Å². The number of thiazole rings is 1. The van der Waals surface area contributed by atoms with Crippen molar-refractivity contribution in [2.24, 2.45) is 0 Å². The van der Waals surface area contributed by atoms with E-state index in [2.05, 4.69) is 32.7 Å². The van der Waals surface area contributed by atoms with Crippen molar-refractivity contribution in [1.29, 1.82) is 0 Å². The minimum absolute atomic E-state index is 0.0376. The van der Waals surface area contributed by atoms with Gasteiger partial charge in [-0.15, -0.1) is 11.3 Å². The number of piperidine rings is 1. The first-order valence-corrected chi connectivity index (χ1v) is 12.2. The summed E-state index contributed by atoms with van der Waals surface area (Å²) < 4.78 is 25.8. The van der Waals surface area contributed by atoms with Gasteiger partial charge >= 0.3 is 6.03 Å². The Balaban J connectivity index is 1.29. The highest BCUT2D eigenvalue weighted by Gasteiger charge is 2.43. The minimum Gasteiger partial charge on any atom is -0.318 e. The molecule has 33 heavy (non-hydrogen) atoms. The van der Waals surface area contributed by atoms with Crippen molar-refractivity contribution in [2.75, 3.05) is 18.7 Å². The number of benzene rings is 1. The molecule has 0 saturated carbocycles. The maximum absolute atomic E-state index is 13.1. The molecule has 3 aromatic rings. The normalized spacial score (nSPS) is 22.3. The summed E-state index contributed by atoms with van der Waals surface area (Å²) in [6, 6.07) is 7.34. The summed E-state index contributed by atoms with van der Waals surface area (Å²) in [6.07, 6.45) is 6.89. The maximum atomic E-state index is 13.1. The molecule has 1 aromatic carbocycles. The monoisotopic (exact) mass is 471 g/mol. The van der Waals surface area contributed by atoms with Gasteiger partial charge in [0.2, 0.25) is 0 Å². The zero-order valence-electron chi connectivity index (χ0n) is 18.4. The molecule has 2 aliphatic heterocycles. The largest absolute Gasteiger partial charge is 0.323 e. The molecule has 2 aliphatic rings. The summed E-state index contributed by atoms with van der Waals surface area (Å²) in [5, 5.41) is 9.07. The van der Waals surface area contributed by atoms with Crippen LogP contribution in [0.2, 0.25) is 0 Å². The van der Waals surface area contributed by atoms with Crippen LogP contribution in [0.15, 0.2) is 36.7 Å². The Hall–Kier alpha value is -2.65. The average Bonchev–Trinajstić information content (AvgIpc) is 3.37. The van der Waals surface area contributed by atoms with Gasteiger partial charge in [0.25, 0.3) is 0 Å². The number of halogens is 2. The standard InChI is InChI=1S/C24H27F2N5OS/c1-14-27-13-22(33-14)15-2-3-16-12-28-23(7-17(16)6-15)30-24(32)31-20-4-5-21(31)9-18(8-20)29-19(10-25)11-26/h2-3,6-7,12-13,18-21,29H,4-5,8-11H2,1H3,(H,28,30,32)/t18-,20-,21+. The first-order valence-electron chi connectivity index (χ1n) is 11.3. The maximum Gasteiger partial charge on any atom is 0.323 e. The lowest BCUT2D eigenvalue weighted by atomic mass is 9.97. The SMILES string of the molecule is Cc1ncc(-c2ccc3cnc(NC(=O)N4[C@@H]5CC[C@H]4C[C@H](NC(CF)CF)C5)cc3c2)s1. The molecule has 2 N–H and O–H groups in total. The smallest absolute Gasteiger partial charge is 0.318 e. The molecular formula is C24H27F2N5OS. The number of hydrogen-bond donors (Lipinski definition) is 2. The Morgan fingerprint density at radius 2 is 1.88 bits per heavy atom. The van der Waals surface area contributed by atoms with E-state index >= 15 is 0 Å². The highest BCUT2D eigenvalue weighted by atomic mass is 32.1. The van der Waals surface area contributed by atoms with E-state index in [-0.39, 0.29) is 24.2 Å².